The van der Waals surface area contributed by atoms with E-state index in [0.29, 0.717) is 18.3 Å². The zero-order chi connectivity index (χ0) is 18.8. The number of hydrogen-bond donors (Lipinski definition) is 1. The Hall–Kier alpha value is -3.21. The van der Waals surface area contributed by atoms with E-state index in [-0.39, 0.29) is 5.91 Å². The number of aromatic nitrogens is 2. The third-order valence-electron chi connectivity index (χ3n) is 5.04. The third kappa shape index (κ3) is 3.40. The van der Waals surface area contributed by atoms with Crippen molar-refractivity contribution in [2.75, 3.05) is 4.90 Å². The number of anilines is 2. The number of benzene rings is 2. The van der Waals surface area contributed by atoms with E-state index in [9.17, 15) is 4.79 Å². The third-order valence-corrected chi connectivity index (χ3v) is 5.04. The Morgan fingerprint density at radius 1 is 1.07 bits per heavy atom. The number of nitrogens with one attached hydrogen (secondary N) is 1. The molecule has 5 nitrogen and oxygen atoms in total. The predicted molar refractivity (Wildman–Crippen MR) is 106 cm³/mol. The van der Waals surface area contributed by atoms with Gasteiger partial charge in [-0.1, -0.05) is 42.5 Å². The van der Waals surface area contributed by atoms with Crippen molar-refractivity contribution in [3.8, 4) is 0 Å². The number of rotatable bonds is 4. The summed E-state index contributed by atoms with van der Waals surface area (Å²) >= 11 is 0. The van der Waals surface area contributed by atoms with Crippen LogP contribution in [-0.4, -0.2) is 22.1 Å². The van der Waals surface area contributed by atoms with Crippen LogP contribution in [0.3, 0.4) is 0 Å². The fourth-order valence-corrected chi connectivity index (χ4v) is 3.56. The number of carbonyl (C=O) groups excluding carboxylic acids is 1. The summed E-state index contributed by atoms with van der Waals surface area (Å²) in [5.74, 6) is 0.551. The number of para-hydroxylation sites is 1. The molecule has 1 aliphatic rings. The smallest absolute Gasteiger partial charge is 0.272 e. The van der Waals surface area contributed by atoms with Gasteiger partial charge in [-0.3, -0.25) is 4.79 Å². The minimum atomic E-state index is -0.216. The van der Waals surface area contributed by atoms with Crippen LogP contribution in [0.2, 0.25) is 0 Å². The first-order valence-electron chi connectivity index (χ1n) is 9.17. The van der Waals surface area contributed by atoms with Crippen LogP contribution < -0.4 is 10.2 Å². The first-order valence-corrected chi connectivity index (χ1v) is 9.17. The molecule has 2 aromatic carbocycles. The lowest BCUT2D eigenvalue weighted by Crippen LogP contribution is -2.27. The van der Waals surface area contributed by atoms with Gasteiger partial charge in [-0.15, -0.1) is 10.2 Å². The van der Waals surface area contributed by atoms with E-state index in [1.165, 1.54) is 5.56 Å². The maximum Gasteiger partial charge on any atom is 0.272 e. The molecule has 27 heavy (non-hydrogen) atoms. The van der Waals surface area contributed by atoms with E-state index in [4.69, 9.17) is 0 Å². The van der Waals surface area contributed by atoms with Crippen molar-refractivity contribution >= 4 is 17.4 Å². The number of fused-ring (bicyclic) bond motifs is 1. The average molecular weight is 358 g/mol. The Balaban J connectivity index is 1.48. The van der Waals surface area contributed by atoms with Gasteiger partial charge < -0.3 is 10.2 Å². The van der Waals surface area contributed by atoms with Crippen molar-refractivity contribution in [3.63, 3.8) is 0 Å². The lowest BCUT2D eigenvalue weighted by molar-refractivity contribution is 0.0945. The molecule has 1 atom stereocenters. The van der Waals surface area contributed by atoms with Crippen molar-refractivity contribution in [1.29, 1.82) is 0 Å². The molecule has 1 aromatic heterocycles. The zero-order valence-electron chi connectivity index (χ0n) is 15.5. The molecule has 3 aromatic rings. The molecule has 1 N–H and O–H groups in total. The second kappa shape index (κ2) is 7.19. The van der Waals surface area contributed by atoms with Gasteiger partial charge in [0.05, 0.1) is 0 Å². The van der Waals surface area contributed by atoms with E-state index >= 15 is 0 Å². The highest BCUT2D eigenvalue weighted by atomic mass is 16.1. The second-order valence-corrected chi connectivity index (χ2v) is 6.94. The minimum Gasteiger partial charge on any atom is -0.347 e. The Morgan fingerprint density at radius 3 is 2.63 bits per heavy atom. The number of carbonyl (C=O) groups is 1. The quantitative estimate of drug-likeness (QED) is 0.771. The first kappa shape index (κ1) is 17.2. The van der Waals surface area contributed by atoms with E-state index in [2.05, 4.69) is 45.5 Å². The van der Waals surface area contributed by atoms with Crippen LogP contribution in [0.15, 0.2) is 60.7 Å². The van der Waals surface area contributed by atoms with Crippen molar-refractivity contribution in [3.05, 3.63) is 83.0 Å². The monoisotopic (exact) mass is 358 g/mol. The van der Waals surface area contributed by atoms with E-state index in [1.54, 1.807) is 6.07 Å². The Bertz CT molecular complexity index is 968. The van der Waals surface area contributed by atoms with E-state index < -0.39 is 0 Å². The lowest BCUT2D eigenvalue weighted by Gasteiger charge is -2.23. The molecule has 1 aliphatic heterocycles. The van der Waals surface area contributed by atoms with Crippen LogP contribution in [0, 0.1) is 6.92 Å². The van der Waals surface area contributed by atoms with Gasteiger partial charge in [-0.05, 0) is 55.2 Å². The van der Waals surface area contributed by atoms with Gasteiger partial charge in [0.25, 0.3) is 5.91 Å². The standard InChI is InChI=1S/C22H22N4O/c1-15-7-3-4-9-18(15)14-23-22(27)19-11-12-21(25-24-19)26-16(2)13-17-8-5-6-10-20(17)26/h3-12,16H,13-14H2,1-2H3,(H,23,27). The number of nitrogens with zero attached hydrogens (tertiary/aromatic N) is 3. The SMILES string of the molecule is Cc1ccccc1CNC(=O)c1ccc(N2c3ccccc3CC2C)nn1. The maximum absolute atomic E-state index is 12.4. The average Bonchev–Trinajstić information content (AvgIpc) is 3.03. The summed E-state index contributed by atoms with van der Waals surface area (Å²) in [7, 11) is 0. The molecule has 1 unspecified atom stereocenters. The van der Waals surface area contributed by atoms with Crippen LogP contribution in [0.5, 0.6) is 0 Å². The highest BCUT2D eigenvalue weighted by molar-refractivity contribution is 5.92. The fourth-order valence-electron chi connectivity index (χ4n) is 3.56. The molecule has 136 valence electrons. The summed E-state index contributed by atoms with van der Waals surface area (Å²) in [4.78, 5) is 14.6. The number of amides is 1. The molecule has 4 rings (SSSR count). The molecule has 0 saturated carbocycles. The van der Waals surface area contributed by atoms with Gasteiger partial charge in [0.2, 0.25) is 0 Å². The molecule has 1 amide bonds. The fraction of sp³-hybridized carbons (Fsp3) is 0.227. The van der Waals surface area contributed by atoms with Crippen molar-refractivity contribution in [1.82, 2.24) is 15.5 Å². The van der Waals surface area contributed by atoms with Crippen molar-refractivity contribution in [2.24, 2.45) is 0 Å². The van der Waals surface area contributed by atoms with Crippen LogP contribution in [-0.2, 0) is 13.0 Å². The van der Waals surface area contributed by atoms with Gasteiger partial charge in [-0.25, -0.2) is 0 Å². The molecule has 0 aliphatic carbocycles. The summed E-state index contributed by atoms with van der Waals surface area (Å²) in [6.45, 7) is 4.68. The predicted octanol–water partition coefficient (Wildman–Crippen LogP) is 3.80. The van der Waals surface area contributed by atoms with Gasteiger partial charge >= 0.3 is 0 Å². The van der Waals surface area contributed by atoms with E-state index in [1.807, 2.05) is 43.3 Å². The normalized spacial score (nSPS) is 15.5. The second-order valence-electron chi connectivity index (χ2n) is 6.94. The molecule has 0 bridgehead atoms. The molecule has 0 saturated heterocycles. The molecular formula is C22H22N4O. The Morgan fingerprint density at radius 2 is 1.85 bits per heavy atom. The van der Waals surface area contributed by atoms with Gasteiger partial charge in [0, 0.05) is 18.3 Å². The van der Waals surface area contributed by atoms with Crippen LogP contribution in [0.1, 0.15) is 34.1 Å². The molecule has 5 heteroatoms. The van der Waals surface area contributed by atoms with Crippen molar-refractivity contribution in [2.45, 2.75) is 32.9 Å². The molecule has 0 fully saturated rings. The van der Waals surface area contributed by atoms with Gasteiger partial charge in [0.15, 0.2) is 11.5 Å². The Labute approximate surface area is 159 Å². The molecule has 2 heterocycles. The number of hydrogen-bond acceptors (Lipinski definition) is 4. The zero-order valence-corrected chi connectivity index (χ0v) is 15.5. The summed E-state index contributed by atoms with van der Waals surface area (Å²) in [6, 6.07) is 20.3. The summed E-state index contributed by atoms with van der Waals surface area (Å²) in [5.41, 5.74) is 5.05. The lowest BCUT2D eigenvalue weighted by atomic mass is 10.1. The minimum absolute atomic E-state index is 0.216. The summed E-state index contributed by atoms with van der Waals surface area (Å²) in [6.07, 6.45) is 0.983. The molecule has 0 radical (unpaired) electrons. The summed E-state index contributed by atoms with van der Waals surface area (Å²) in [5, 5.41) is 11.4. The summed E-state index contributed by atoms with van der Waals surface area (Å²) < 4.78 is 0. The molecular weight excluding hydrogens is 336 g/mol. The first-order chi connectivity index (χ1) is 13.1. The Kier molecular flexibility index (Phi) is 4.59. The topological polar surface area (TPSA) is 58.1 Å². The molecule has 0 spiro atoms. The van der Waals surface area contributed by atoms with Crippen LogP contribution >= 0.6 is 0 Å². The largest absolute Gasteiger partial charge is 0.347 e. The van der Waals surface area contributed by atoms with Gasteiger partial charge in [0.1, 0.15) is 0 Å². The highest BCUT2D eigenvalue weighted by Gasteiger charge is 2.28. The van der Waals surface area contributed by atoms with Gasteiger partial charge in [-0.2, -0.15) is 0 Å². The number of aryl methyl sites for hydroxylation is 1. The maximum atomic E-state index is 12.4. The highest BCUT2D eigenvalue weighted by Crippen LogP contribution is 2.36. The van der Waals surface area contributed by atoms with Crippen LogP contribution in [0.4, 0.5) is 11.5 Å². The van der Waals surface area contributed by atoms with Crippen molar-refractivity contribution < 1.29 is 4.79 Å². The van der Waals surface area contributed by atoms with E-state index in [0.717, 1.165) is 29.1 Å². The van der Waals surface area contributed by atoms with Crippen LogP contribution in [0.25, 0.3) is 0 Å².